The van der Waals surface area contributed by atoms with Crippen molar-refractivity contribution in [2.45, 2.75) is 18.2 Å². The smallest absolute Gasteiger partial charge is 0.136 e. The molecule has 0 amide bonds. The zero-order chi connectivity index (χ0) is 12.1. The summed E-state index contributed by atoms with van der Waals surface area (Å²) in [7, 11) is 3.23. The fraction of sp³-hybridized carbons (Fsp3) is 0.417. The maximum Gasteiger partial charge on any atom is 0.136 e. The average Bonchev–Trinajstić information content (AvgIpc) is 2.27. The highest BCUT2D eigenvalue weighted by Gasteiger charge is 2.12. The molecular weight excluding hydrogens is 224 g/mol. The lowest BCUT2D eigenvalue weighted by Crippen LogP contribution is -2.01. The molecule has 0 bridgehead atoms. The second kappa shape index (κ2) is 5.80. The van der Waals surface area contributed by atoms with Crippen LogP contribution < -0.4 is 9.47 Å². The number of benzene rings is 1. The van der Waals surface area contributed by atoms with Gasteiger partial charge in [-0.05, 0) is 25.3 Å². The summed E-state index contributed by atoms with van der Waals surface area (Å²) >= 11 is 1.57. The van der Waals surface area contributed by atoms with Gasteiger partial charge in [-0.2, -0.15) is 0 Å². The molecule has 0 saturated heterocycles. The monoisotopic (exact) mass is 240 g/mol. The molecule has 0 fully saturated rings. The van der Waals surface area contributed by atoms with Crippen molar-refractivity contribution >= 4 is 17.5 Å². The molecular formula is C12H16O3S. The Kier molecular flexibility index (Phi) is 4.68. The molecule has 0 heterocycles. The standard InChI is InChI=1S/C12H16O3S/c1-8(13)5-9-6-10(14-2)7-11(16-4)12(9)15-3/h6-7H,5H2,1-4H3. The summed E-state index contributed by atoms with van der Waals surface area (Å²) < 4.78 is 10.5. The third-order valence-corrected chi connectivity index (χ3v) is 2.95. The molecule has 0 unspecified atom stereocenters. The van der Waals surface area contributed by atoms with E-state index in [9.17, 15) is 4.79 Å². The van der Waals surface area contributed by atoms with Gasteiger partial charge in [0, 0.05) is 12.0 Å². The number of hydrogen-bond donors (Lipinski definition) is 0. The maximum atomic E-state index is 11.2. The topological polar surface area (TPSA) is 35.5 Å². The summed E-state index contributed by atoms with van der Waals surface area (Å²) in [4.78, 5) is 12.2. The van der Waals surface area contributed by atoms with Crippen molar-refractivity contribution in [1.29, 1.82) is 0 Å². The Labute approximate surface area is 100 Å². The zero-order valence-electron chi connectivity index (χ0n) is 9.99. The van der Waals surface area contributed by atoms with Crippen LogP contribution in [0.4, 0.5) is 0 Å². The van der Waals surface area contributed by atoms with Crippen LogP contribution in [0, 0.1) is 0 Å². The number of ketones is 1. The highest BCUT2D eigenvalue weighted by molar-refractivity contribution is 7.98. The van der Waals surface area contributed by atoms with Gasteiger partial charge in [-0.15, -0.1) is 11.8 Å². The van der Waals surface area contributed by atoms with E-state index in [-0.39, 0.29) is 5.78 Å². The van der Waals surface area contributed by atoms with Gasteiger partial charge in [0.2, 0.25) is 0 Å². The van der Waals surface area contributed by atoms with Gasteiger partial charge in [0.25, 0.3) is 0 Å². The minimum Gasteiger partial charge on any atom is -0.497 e. The fourth-order valence-electron chi connectivity index (χ4n) is 1.53. The van der Waals surface area contributed by atoms with Crippen molar-refractivity contribution in [2.24, 2.45) is 0 Å². The fourth-order valence-corrected chi connectivity index (χ4v) is 2.17. The van der Waals surface area contributed by atoms with Crippen LogP contribution in [-0.2, 0) is 11.2 Å². The van der Waals surface area contributed by atoms with Gasteiger partial charge in [-0.3, -0.25) is 4.79 Å². The van der Waals surface area contributed by atoms with E-state index in [0.29, 0.717) is 6.42 Å². The summed E-state index contributed by atoms with van der Waals surface area (Å²) in [6.07, 6.45) is 2.34. The van der Waals surface area contributed by atoms with E-state index in [1.54, 1.807) is 32.9 Å². The minimum atomic E-state index is 0.110. The Balaban J connectivity index is 3.25. The zero-order valence-corrected chi connectivity index (χ0v) is 10.8. The largest absolute Gasteiger partial charge is 0.497 e. The summed E-state index contributed by atoms with van der Waals surface area (Å²) in [6.45, 7) is 1.57. The van der Waals surface area contributed by atoms with Gasteiger partial charge in [0.15, 0.2) is 0 Å². The van der Waals surface area contributed by atoms with Gasteiger partial charge >= 0.3 is 0 Å². The second-order valence-corrected chi connectivity index (χ2v) is 4.25. The van der Waals surface area contributed by atoms with Crippen LogP contribution >= 0.6 is 11.8 Å². The first-order valence-corrected chi connectivity index (χ1v) is 6.13. The second-order valence-electron chi connectivity index (χ2n) is 3.40. The Hall–Kier alpha value is -1.16. The molecule has 0 N–H and O–H groups in total. The molecule has 0 spiro atoms. The van der Waals surface area contributed by atoms with E-state index in [2.05, 4.69) is 0 Å². The summed E-state index contributed by atoms with van der Waals surface area (Å²) in [5.41, 5.74) is 0.874. The normalized spacial score (nSPS) is 10.0. The molecule has 0 aromatic heterocycles. The first-order chi connectivity index (χ1) is 7.62. The third kappa shape index (κ3) is 2.92. The molecule has 1 rings (SSSR count). The van der Waals surface area contributed by atoms with E-state index in [0.717, 1.165) is 22.0 Å². The van der Waals surface area contributed by atoms with Gasteiger partial charge in [-0.25, -0.2) is 0 Å². The number of carbonyl (C=O) groups is 1. The molecule has 0 aliphatic carbocycles. The summed E-state index contributed by atoms with van der Waals surface area (Å²) in [6, 6.07) is 3.76. The molecule has 0 atom stereocenters. The lowest BCUT2D eigenvalue weighted by atomic mass is 10.1. The van der Waals surface area contributed by atoms with Crippen molar-refractivity contribution in [3.63, 3.8) is 0 Å². The van der Waals surface area contributed by atoms with E-state index in [1.165, 1.54) is 0 Å². The quantitative estimate of drug-likeness (QED) is 0.741. The van der Waals surface area contributed by atoms with Crippen molar-refractivity contribution in [2.75, 3.05) is 20.5 Å². The molecule has 0 saturated carbocycles. The highest BCUT2D eigenvalue weighted by atomic mass is 32.2. The van der Waals surface area contributed by atoms with Gasteiger partial charge in [-0.1, -0.05) is 0 Å². The molecule has 88 valence electrons. The lowest BCUT2D eigenvalue weighted by Gasteiger charge is -2.13. The van der Waals surface area contributed by atoms with Gasteiger partial charge in [0.1, 0.15) is 17.3 Å². The molecule has 0 radical (unpaired) electrons. The van der Waals surface area contributed by atoms with Crippen LogP contribution in [0.1, 0.15) is 12.5 Å². The predicted molar refractivity (Wildman–Crippen MR) is 65.7 cm³/mol. The molecule has 1 aromatic rings. The molecule has 0 aliphatic rings. The van der Waals surface area contributed by atoms with Crippen LogP contribution in [0.5, 0.6) is 11.5 Å². The van der Waals surface area contributed by atoms with E-state index >= 15 is 0 Å². The number of ether oxygens (including phenoxy) is 2. The van der Waals surface area contributed by atoms with Crippen molar-refractivity contribution in [1.82, 2.24) is 0 Å². The average molecular weight is 240 g/mol. The van der Waals surface area contributed by atoms with Crippen LogP contribution in [-0.4, -0.2) is 26.3 Å². The van der Waals surface area contributed by atoms with E-state index in [4.69, 9.17) is 9.47 Å². The molecule has 3 nitrogen and oxygen atoms in total. The molecule has 16 heavy (non-hydrogen) atoms. The summed E-state index contributed by atoms with van der Waals surface area (Å²) in [5, 5.41) is 0. The number of rotatable bonds is 5. The van der Waals surface area contributed by atoms with Gasteiger partial charge in [0.05, 0.1) is 19.1 Å². The lowest BCUT2D eigenvalue weighted by molar-refractivity contribution is -0.116. The predicted octanol–water partition coefficient (Wildman–Crippen LogP) is 2.56. The summed E-state index contributed by atoms with van der Waals surface area (Å²) in [5.74, 6) is 1.63. The van der Waals surface area contributed by atoms with Crippen molar-refractivity contribution in [3.05, 3.63) is 17.7 Å². The van der Waals surface area contributed by atoms with Crippen molar-refractivity contribution < 1.29 is 14.3 Å². The highest BCUT2D eigenvalue weighted by Crippen LogP contribution is 2.35. The van der Waals surface area contributed by atoms with Gasteiger partial charge < -0.3 is 9.47 Å². The van der Waals surface area contributed by atoms with E-state index in [1.807, 2.05) is 18.4 Å². The Bertz CT molecular complexity index is 388. The maximum absolute atomic E-state index is 11.2. The number of Topliss-reactive ketones (excluding diaryl/α,β-unsaturated/α-hetero) is 1. The minimum absolute atomic E-state index is 0.110. The molecule has 4 heteroatoms. The van der Waals surface area contributed by atoms with Crippen LogP contribution in [0.15, 0.2) is 17.0 Å². The Morgan fingerprint density at radius 1 is 1.31 bits per heavy atom. The molecule has 1 aromatic carbocycles. The number of methoxy groups -OCH3 is 2. The molecule has 0 aliphatic heterocycles. The Morgan fingerprint density at radius 2 is 2.00 bits per heavy atom. The first-order valence-electron chi connectivity index (χ1n) is 4.90. The Morgan fingerprint density at radius 3 is 2.44 bits per heavy atom. The third-order valence-electron chi connectivity index (χ3n) is 2.20. The number of thioether (sulfide) groups is 1. The first kappa shape index (κ1) is 12.9. The van der Waals surface area contributed by atoms with Crippen LogP contribution in [0.25, 0.3) is 0 Å². The van der Waals surface area contributed by atoms with Crippen LogP contribution in [0.2, 0.25) is 0 Å². The number of hydrogen-bond acceptors (Lipinski definition) is 4. The SMILES string of the molecule is COc1cc(CC(C)=O)c(OC)c(SC)c1. The number of carbonyl (C=O) groups excluding carboxylic acids is 1. The van der Waals surface area contributed by atoms with Crippen molar-refractivity contribution in [3.8, 4) is 11.5 Å². The van der Waals surface area contributed by atoms with E-state index < -0.39 is 0 Å². The van der Waals surface area contributed by atoms with Crippen LogP contribution in [0.3, 0.4) is 0 Å².